The number of carbonyl (C=O) groups is 2. The van der Waals surface area contributed by atoms with Gasteiger partial charge in [0.1, 0.15) is 11.4 Å². The van der Waals surface area contributed by atoms with Gasteiger partial charge >= 0.3 is 0 Å². The summed E-state index contributed by atoms with van der Waals surface area (Å²) in [6.07, 6.45) is 4.17. The van der Waals surface area contributed by atoms with Crippen LogP contribution < -0.4 is 5.32 Å². The van der Waals surface area contributed by atoms with Crippen LogP contribution >= 0.6 is 0 Å². The molecule has 0 aliphatic carbocycles. The number of carbonyl (C=O) groups excluding carboxylic acids is 2. The maximum absolute atomic E-state index is 13.0. The average Bonchev–Trinajstić information content (AvgIpc) is 2.69. The maximum Gasteiger partial charge on any atom is 0.253 e. The number of hydrogen-bond donors (Lipinski definition) is 1. The van der Waals surface area contributed by atoms with Gasteiger partial charge in [0, 0.05) is 37.5 Å². The molecule has 0 unspecified atom stereocenters. The van der Waals surface area contributed by atoms with Crippen LogP contribution in [-0.2, 0) is 21.6 Å². The van der Waals surface area contributed by atoms with Crippen LogP contribution in [0.4, 0.5) is 5.69 Å². The molecule has 2 amide bonds. The summed E-state index contributed by atoms with van der Waals surface area (Å²) in [6.45, 7) is 5.21. The summed E-state index contributed by atoms with van der Waals surface area (Å²) in [5.41, 5.74) is 2.93. The Labute approximate surface area is 164 Å². The van der Waals surface area contributed by atoms with Crippen molar-refractivity contribution < 1.29 is 14.3 Å². The third-order valence-corrected chi connectivity index (χ3v) is 5.45. The van der Waals surface area contributed by atoms with Crippen molar-refractivity contribution in [2.24, 2.45) is 0 Å². The maximum atomic E-state index is 13.0. The number of likely N-dealkylation sites (tertiary alicyclic amines) is 1. The highest BCUT2D eigenvalue weighted by Crippen LogP contribution is 2.40. The van der Waals surface area contributed by atoms with Gasteiger partial charge in [0.2, 0.25) is 5.91 Å². The lowest BCUT2D eigenvalue weighted by molar-refractivity contribution is -0.114. The van der Waals surface area contributed by atoms with E-state index in [1.807, 2.05) is 18.0 Å². The van der Waals surface area contributed by atoms with Crippen molar-refractivity contribution in [1.82, 2.24) is 14.9 Å². The van der Waals surface area contributed by atoms with Crippen molar-refractivity contribution in [3.05, 3.63) is 53.1 Å². The van der Waals surface area contributed by atoms with E-state index in [0.717, 1.165) is 23.5 Å². The molecule has 1 saturated heterocycles. The molecule has 0 bridgehead atoms. The Kier molecular flexibility index (Phi) is 4.85. The van der Waals surface area contributed by atoms with E-state index in [-0.39, 0.29) is 11.8 Å². The molecule has 1 fully saturated rings. The van der Waals surface area contributed by atoms with E-state index in [2.05, 4.69) is 15.3 Å². The number of ether oxygens (including phenoxy) is 1. The third-order valence-electron chi connectivity index (χ3n) is 5.45. The fourth-order valence-corrected chi connectivity index (χ4v) is 4.07. The molecule has 2 aliphatic rings. The summed E-state index contributed by atoms with van der Waals surface area (Å²) >= 11 is 0. The van der Waals surface area contributed by atoms with Crippen LogP contribution in [0.25, 0.3) is 0 Å². The van der Waals surface area contributed by atoms with Gasteiger partial charge in [0.25, 0.3) is 5.91 Å². The van der Waals surface area contributed by atoms with E-state index in [4.69, 9.17) is 4.74 Å². The quantitative estimate of drug-likeness (QED) is 0.865. The van der Waals surface area contributed by atoms with E-state index < -0.39 is 5.60 Å². The number of amides is 2. The molecule has 28 heavy (non-hydrogen) atoms. The number of aryl methyl sites for hydroxylation is 1. The summed E-state index contributed by atoms with van der Waals surface area (Å²) in [5.74, 6) is 0.559. The predicted octanol–water partition coefficient (Wildman–Crippen LogP) is 2.45. The second kappa shape index (κ2) is 7.31. The number of aromatic nitrogens is 2. The van der Waals surface area contributed by atoms with Crippen molar-refractivity contribution >= 4 is 17.5 Å². The Bertz CT molecular complexity index is 920. The van der Waals surface area contributed by atoms with Crippen LogP contribution in [-0.4, -0.2) is 46.4 Å². The molecular formula is C21H24N4O3. The molecule has 0 saturated carbocycles. The lowest BCUT2D eigenvalue weighted by Gasteiger charge is -2.44. The summed E-state index contributed by atoms with van der Waals surface area (Å²) < 4.78 is 6.21. The highest BCUT2D eigenvalue weighted by Gasteiger charge is 2.43. The lowest BCUT2D eigenvalue weighted by atomic mass is 9.83. The van der Waals surface area contributed by atoms with Gasteiger partial charge in [-0.25, -0.2) is 9.97 Å². The molecule has 1 N–H and O–H groups in total. The first kappa shape index (κ1) is 18.6. The summed E-state index contributed by atoms with van der Waals surface area (Å²) in [7, 11) is 0. The second-order valence-electron chi connectivity index (χ2n) is 7.44. The zero-order valence-electron chi connectivity index (χ0n) is 16.2. The SMILES string of the molecule is CC(=O)Nc1cccc(C(=O)N2CCC3(CC2)OCCc2cnc(C)nc23)c1. The Morgan fingerprint density at radius 1 is 1.25 bits per heavy atom. The molecule has 7 nitrogen and oxygen atoms in total. The minimum absolute atomic E-state index is 0.0306. The van der Waals surface area contributed by atoms with Crippen LogP contribution in [0.3, 0.4) is 0 Å². The van der Waals surface area contributed by atoms with Gasteiger partial charge in [-0.2, -0.15) is 0 Å². The molecule has 1 aromatic heterocycles. The first-order chi connectivity index (χ1) is 13.5. The molecule has 1 spiro atoms. The summed E-state index contributed by atoms with van der Waals surface area (Å²) in [6, 6.07) is 7.06. The first-order valence-electron chi connectivity index (χ1n) is 9.61. The lowest BCUT2D eigenvalue weighted by Crippen LogP contribution is -2.49. The molecule has 3 heterocycles. The number of anilines is 1. The molecular weight excluding hydrogens is 356 g/mol. The molecule has 7 heteroatoms. The Hall–Kier alpha value is -2.80. The minimum Gasteiger partial charge on any atom is -0.368 e. The van der Waals surface area contributed by atoms with Gasteiger partial charge in [-0.1, -0.05) is 6.07 Å². The third kappa shape index (κ3) is 3.49. The monoisotopic (exact) mass is 380 g/mol. The van der Waals surface area contributed by atoms with Gasteiger partial charge in [0.15, 0.2) is 0 Å². The smallest absolute Gasteiger partial charge is 0.253 e. The molecule has 2 aliphatic heterocycles. The van der Waals surface area contributed by atoms with Crippen LogP contribution in [0.2, 0.25) is 0 Å². The topological polar surface area (TPSA) is 84.4 Å². The van der Waals surface area contributed by atoms with Gasteiger partial charge in [-0.3, -0.25) is 9.59 Å². The Morgan fingerprint density at radius 3 is 2.79 bits per heavy atom. The number of hydrogen-bond acceptors (Lipinski definition) is 5. The van der Waals surface area contributed by atoms with E-state index in [0.29, 0.717) is 43.8 Å². The van der Waals surface area contributed by atoms with E-state index in [1.54, 1.807) is 24.3 Å². The van der Waals surface area contributed by atoms with Crippen molar-refractivity contribution in [2.75, 3.05) is 25.0 Å². The number of nitrogens with one attached hydrogen (secondary N) is 1. The van der Waals surface area contributed by atoms with Crippen molar-refractivity contribution in [3.8, 4) is 0 Å². The molecule has 1 aromatic carbocycles. The van der Waals surface area contributed by atoms with Gasteiger partial charge in [-0.05, 0) is 49.9 Å². The zero-order valence-corrected chi connectivity index (χ0v) is 16.2. The molecule has 146 valence electrons. The molecule has 2 aromatic rings. The van der Waals surface area contributed by atoms with Gasteiger partial charge in [-0.15, -0.1) is 0 Å². The fourth-order valence-electron chi connectivity index (χ4n) is 4.07. The highest BCUT2D eigenvalue weighted by molar-refractivity contribution is 5.96. The van der Waals surface area contributed by atoms with E-state index in [1.165, 1.54) is 6.92 Å². The Balaban J connectivity index is 1.50. The van der Waals surface area contributed by atoms with Crippen molar-refractivity contribution in [3.63, 3.8) is 0 Å². The number of rotatable bonds is 2. The van der Waals surface area contributed by atoms with Gasteiger partial charge < -0.3 is 15.0 Å². The largest absolute Gasteiger partial charge is 0.368 e. The number of fused-ring (bicyclic) bond motifs is 2. The van der Waals surface area contributed by atoms with E-state index >= 15 is 0 Å². The number of piperidine rings is 1. The van der Waals surface area contributed by atoms with Crippen molar-refractivity contribution in [1.29, 1.82) is 0 Å². The van der Waals surface area contributed by atoms with E-state index in [9.17, 15) is 9.59 Å². The summed E-state index contributed by atoms with van der Waals surface area (Å²) in [4.78, 5) is 35.1. The summed E-state index contributed by atoms with van der Waals surface area (Å²) in [5, 5.41) is 2.72. The Morgan fingerprint density at radius 2 is 2.04 bits per heavy atom. The highest BCUT2D eigenvalue weighted by atomic mass is 16.5. The number of nitrogens with zero attached hydrogens (tertiary/aromatic N) is 3. The second-order valence-corrected chi connectivity index (χ2v) is 7.44. The molecule has 0 atom stereocenters. The predicted molar refractivity (Wildman–Crippen MR) is 104 cm³/mol. The standard InChI is InChI=1S/C21H24N4O3/c1-14-22-13-17-6-11-28-21(19(17)23-14)7-9-25(10-8-21)20(27)16-4-3-5-18(12-16)24-15(2)26/h3-5,12-13H,6-11H2,1-2H3,(H,24,26). The molecule has 4 rings (SSSR count). The van der Waals surface area contributed by atoms with Crippen molar-refractivity contribution in [2.45, 2.75) is 38.7 Å². The normalized spacial score (nSPS) is 17.9. The van der Waals surface area contributed by atoms with Gasteiger partial charge in [0.05, 0.1) is 12.3 Å². The minimum atomic E-state index is -0.421. The molecule has 0 radical (unpaired) electrons. The first-order valence-corrected chi connectivity index (χ1v) is 9.61. The van der Waals surface area contributed by atoms with Crippen LogP contribution in [0.5, 0.6) is 0 Å². The van der Waals surface area contributed by atoms with Crippen LogP contribution in [0, 0.1) is 6.92 Å². The van der Waals surface area contributed by atoms with Crippen LogP contribution in [0.1, 0.15) is 47.2 Å². The zero-order chi connectivity index (χ0) is 19.7. The fraction of sp³-hybridized carbons (Fsp3) is 0.429. The number of benzene rings is 1. The van der Waals surface area contributed by atoms with Crippen LogP contribution in [0.15, 0.2) is 30.5 Å². The average molecular weight is 380 g/mol.